The zero-order chi connectivity index (χ0) is 15.2. The van der Waals surface area contributed by atoms with E-state index in [2.05, 4.69) is 15.3 Å². The number of aliphatic hydroxyl groups is 1. The standard InChI is InChI=1S/C15H18FN3O2/c1-3-12-14(16)15(18-9-17-12)19-11-4-5-13(10(2)8-11)21-7-6-20/h4-5,8-9,20H,3,6-7H2,1-2H3,(H,17,18,19). The second-order valence-electron chi connectivity index (χ2n) is 4.51. The van der Waals surface area contributed by atoms with Crippen molar-refractivity contribution in [2.24, 2.45) is 0 Å². The van der Waals surface area contributed by atoms with E-state index >= 15 is 0 Å². The number of halogens is 1. The van der Waals surface area contributed by atoms with Gasteiger partial charge in [0.2, 0.25) is 0 Å². The van der Waals surface area contributed by atoms with E-state index in [1.807, 2.05) is 19.9 Å². The number of aryl methyl sites for hydroxylation is 2. The van der Waals surface area contributed by atoms with Gasteiger partial charge in [-0.2, -0.15) is 0 Å². The summed E-state index contributed by atoms with van der Waals surface area (Å²) in [7, 11) is 0. The van der Waals surface area contributed by atoms with Gasteiger partial charge in [-0.15, -0.1) is 0 Å². The van der Waals surface area contributed by atoms with E-state index in [0.29, 0.717) is 23.6 Å². The minimum Gasteiger partial charge on any atom is -0.491 e. The van der Waals surface area contributed by atoms with Crippen LogP contribution in [0.1, 0.15) is 18.2 Å². The lowest BCUT2D eigenvalue weighted by molar-refractivity contribution is 0.200. The molecule has 5 nitrogen and oxygen atoms in total. The maximum atomic E-state index is 14.1. The van der Waals surface area contributed by atoms with Crippen LogP contribution in [0.4, 0.5) is 15.9 Å². The second kappa shape index (κ2) is 6.99. The molecule has 21 heavy (non-hydrogen) atoms. The molecule has 0 bridgehead atoms. The largest absolute Gasteiger partial charge is 0.491 e. The van der Waals surface area contributed by atoms with Crippen molar-refractivity contribution in [2.75, 3.05) is 18.5 Å². The van der Waals surface area contributed by atoms with Crippen LogP contribution >= 0.6 is 0 Å². The maximum absolute atomic E-state index is 14.1. The molecule has 0 amide bonds. The summed E-state index contributed by atoms with van der Waals surface area (Å²) in [6.45, 7) is 3.93. The van der Waals surface area contributed by atoms with Crippen molar-refractivity contribution >= 4 is 11.5 Å². The molecular formula is C15H18FN3O2. The molecule has 112 valence electrons. The third-order valence-electron chi connectivity index (χ3n) is 2.98. The van der Waals surface area contributed by atoms with E-state index in [1.54, 1.807) is 12.1 Å². The Kier molecular flexibility index (Phi) is 5.05. The first-order chi connectivity index (χ1) is 10.2. The van der Waals surface area contributed by atoms with E-state index < -0.39 is 5.82 Å². The number of hydrogen-bond acceptors (Lipinski definition) is 5. The third kappa shape index (κ3) is 3.66. The number of aliphatic hydroxyl groups excluding tert-OH is 1. The SMILES string of the molecule is CCc1ncnc(Nc2ccc(OCCO)c(C)c2)c1F. The highest BCUT2D eigenvalue weighted by molar-refractivity contribution is 5.59. The number of nitrogens with one attached hydrogen (secondary N) is 1. The van der Waals surface area contributed by atoms with Gasteiger partial charge < -0.3 is 15.2 Å². The molecule has 0 radical (unpaired) electrons. The molecule has 2 N–H and O–H groups in total. The Bertz CT molecular complexity index is 620. The lowest BCUT2D eigenvalue weighted by atomic mass is 10.2. The molecular weight excluding hydrogens is 273 g/mol. The molecule has 0 unspecified atom stereocenters. The van der Waals surface area contributed by atoms with E-state index in [9.17, 15) is 4.39 Å². The summed E-state index contributed by atoms with van der Waals surface area (Å²) in [4.78, 5) is 7.82. The molecule has 0 aliphatic heterocycles. The topological polar surface area (TPSA) is 67.3 Å². The molecule has 0 saturated carbocycles. The predicted molar refractivity (Wildman–Crippen MR) is 78.4 cm³/mol. The van der Waals surface area contributed by atoms with Crippen LogP contribution in [-0.2, 0) is 6.42 Å². The van der Waals surface area contributed by atoms with Gasteiger partial charge in [0.15, 0.2) is 11.6 Å². The van der Waals surface area contributed by atoms with E-state index in [-0.39, 0.29) is 19.0 Å². The van der Waals surface area contributed by atoms with Gasteiger partial charge in [-0.25, -0.2) is 14.4 Å². The summed E-state index contributed by atoms with van der Waals surface area (Å²) in [6, 6.07) is 5.37. The van der Waals surface area contributed by atoms with Crippen LogP contribution in [0.15, 0.2) is 24.5 Å². The van der Waals surface area contributed by atoms with Crippen LogP contribution in [0.3, 0.4) is 0 Å². The van der Waals surface area contributed by atoms with Gasteiger partial charge in [0.05, 0.1) is 12.3 Å². The first kappa shape index (κ1) is 15.2. The van der Waals surface area contributed by atoms with Crippen molar-refractivity contribution in [3.05, 3.63) is 41.6 Å². The average Bonchev–Trinajstić information content (AvgIpc) is 2.48. The zero-order valence-corrected chi connectivity index (χ0v) is 12.1. The number of aromatic nitrogens is 2. The first-order valence-electron chi connectivity index (χ1n) is 6.76. The van der Waals surface area contributed by atoms with E-state index in [1.165, 1.54) is 6.33 Å². The van der Waals surface area contributed by atoms with Crippen molar-refractivity contribution in [3.8, 4) is 5.75 Å². The Morgan fingerprint density at radius 1 is 1.33 bits per heavy atom. The molecule has 0 saturated heterocycles. The average molecular weight is 291 g/mol. The monoisotopic (exact) mass is 291 g/mol. The van der Waals surface area contributed by atoms with Crippen molar-refractivity contribution in [3.63, 3.8) is 0 Å². The molecule has 0 atom stereocenters. The Balaban J connectivity index is 2.18. The lowest BCUT2D eigenvalue weighted by Crippen LogP contribution is -2.04. The maximum Gasteiger partial charge on any atom is 0.187 e. The third-order valence-corrected chi connectivity index (χ3v) is 2.98. The van der Waals surface area contributed by atoms with Crippen LogP contribution in [0, 0.1) is 12.7 Å². The fourth-order valence-electron chi connectivity index (χ4n) is 1.92. The minimum absolute atomic E-state index is 0.0363. The van der Waals surface area contributed by atoms with Crippen LogP contribution < -0.4 is 10.1 Å². The number of ether oxygens (including phenoxy) is 1. The van der Waals surface area contributed by atoms with Crippen LogP contribution in [0.25, 0.3) is 0 Å². The molecule has 0 aliphatic rings. The Morgan fingerprint density at radius 3 is 2.81 bits per heavy atom. The fraction of sp³-hybridized carbons (Fsp3) is 0.333. The molecule has 2 aromatic rings. The Hall–Kier alpha value is -2.21. The molecule has 0 aliphatic carbocycles. The summed E-state index contributed by atoms with van der Waals surface area (Å²) in [5.41, 5.74) is 1.98. The Morgan fingerprint density at radius 2 is 2.14 bits per heavy atom. The number of nitrogens with zero attached hydrogens (tertiary/aromatic N) is 2. The highest BCUT2D eigenvalue weighted by Crippen LogP contribution is 2.25. The number of benzene rings is 1. The highest BCUT2D eigenvalue weighted by atomic mass is 19.1. The summed E-state index contributed by atoms with van der Waals surface area (Å²) < 4.78 is 19.4. The molecule has 1 aromatic carbocycles. The van der Waals surface area contributed by atoms with Gasteiger partial charge in [-0.05, 0) is 37.1 Å². The van der Waals surface area contributed by atoms with Gasteiger partial charge in [0.25, 0.3) is 0 Å². The van der Waals surface area contributed by atoms with Crippen molar-refractivity contribution in [1.29, 1.82) is 0 Å². The van der Waals surface area contributed by atoms with Crippen LogP contribution in [0.2, 0.25) is 0 Å². The van der Waals surface area contributed by atoms with Crippen LogP contribution in [-0.4, -0.2) is 28.3 Å². The summed E-state index contributed by atoms with van der Waals surface area (Å²) in [5, 5.41) is 11.7. The smallest absolute Gasteiger partial charge is 0.187 e. The second-order valence-corrected chi connectivity index (χ2v) is 4.51. The molecule has 0 fully saturated rings. The summed E-state index contributed by atoms with van der Waals surface area (Å²) >= 11 is 0. The Labute approximate surface area is 122 Å². The molecule has 6 heteroatoms. The van der Waals surface area contributed by atoms with Crippen molar-refractivity contribution in [1.82, 2.24) is 9.97 Å². The normalized spacial score (nSPS) is 10.5. The number of anilines is 2. The molecule has 1 heterocycles. The quantitative estimate of drug-likeness (QED) is 0.856. The van der Waals surface area contributed by atoms with Crippen molar-refractivity contribution in [2.45, 2.75) is 20.3 Å². The van der Waals surface area contributed by atoms with Crippen LogP contribution in [0.5, 0.6) is 5.75 Å². The number of rotatable bonds is 6. The van der Waals surface area contributed by atoms with Gasteiger partial charge >= 0.3 is 0 Å². The lowest BCUT2D eigenvalue weighted by Gasteiger charge is -2.12. The minimum atomic E-state index is -0.432. The van der Waals surface area contributed by atoms with Gasteiger partial charge in [0, 0.05) is 5.69 Å². The van der Waals surface area contributed by atoms with Gasteiger partial charge in [0.1, 0.15) is 18.7 Å². The highest BCUT2D eigenvalue weighted by Gasteiger charge is 2.10. The van der Waals surface area contributed by atoms with Gasteiger partial charge in [-0.1, -0.05) is 6.92 Å². The molecule has 2 rings (SSSR count). The van der Waals surface area contributed by atoms with Crippen molar-refractivity contribution < 1.29 is 14.2 Å². The summed E-state index contributed by atoms with van der Waals surface area (Å²) in [5.74, 6) is 0.413. The summed E-state index contributed by atoms with van der Waals surface area (Å²) in [6.07, 6.45) is 1.85. The number of hydrogen-bond donors (Lipinski definition) is 2. The zero-order valence-electron chi connectivity index (χ0n) is 12.1. The first-order valence-corrected chi connectivity index (χ1v) is 6.76. The molecule has 1 aromatic heterocycles. The van der Waals surface area contributed by atoms with Gasteiger partial charge in [-0.3, -0.25) is 0 Å². The predicted octanol–water partition coefficient (Wildman–Crippen LogP) is 2.60. The fourth-order valence-corrected chi connectivity index (χ4v) is 1.92. The molecule has 0 spiro atoms. The van der Waals surface area contributed by atoms with E-state index in [4.69, 9.17) is 9.84 Å². The van der Waals surface area contributed by atoms with E-state index in [0.717, 1.165) is 5.56 Å².